The second-order valence-electron chi connectivity index (χ2n) is 4.06. The Morgan fingerprint density at radius 1 is 1.31 bits per heavy atom. The summed E-state index contributed by atoms with van der Waals surface area (Å²) in [5.41, 5.74) is 0.891. The van der Waals surface area contributed by atoms with Gasteiger partial charge in [0, 0.05) is 12.7 Å². The highest BCUT2D eigenvalue weighted by atomic mass is 16.3. The van der Waals surface area contributed by atoms with Gasteiger partial charge in [0.15, 0.2) is 0 Å². The summed E-state index contributed by atoms with van der Waals surface area (Å²) in [5.74, 6) is 1.64. The number of anilines is 1. The van der Waals surface area contributed by atoms with Gasteiger partial charge in [0.05, 0.1) is 11.6 Å². The minimum atomic E-state index is 0.712. The zero-order valence-electron chi connectivity index (χ0n) is 9.86. The van der Waals surface area contributed by atoms with Crippen molar-refractivity contribution in [3.8, 4) is 0 Å². The van der Waals surface area contributed by atoms with Gasteiger partial charge in [0.2, 0.25) is 0 Å². The van der Waals surface area contributed by atoms with Crippen LogP contribution in [0.4, 0.5) is 5.82 Å². The molecule has 0 bridgehead atoms. The van der Waals surface area contributed by atoms with Crippen LogP contribution in [0.15, 0.2) is 29.0 Å². The Bertz CT molecular complexity index is 446. The molecule has 0 fully saturated rings. The van der Waals surface area contributed by atoms with E-state index in [1.165, 1.54) is 12.8 Å². The quantitative estimate of drug-likeness (QED) is 0.832. The third kappa shape index (κ3) is 2.18. The number of aromatic nitrogens is 1. The highest BCUT2D eigenvalue weighted by molar-refractivity contribution is 5.87. The molecule has 16 heavy (non-hydrogen) atoms. The van der Waals surface area contributed by atoms with Gasteiger partial charge in [-0.15, -0.1) is 0 Å². The van der Waals surface area contributed by atoms with Crippen LogP contribution in [0.1, 0.15) is 26.7 Å². The zero-order chi connectivity index (χ0) is 11.4. The van der Waals surface area contributed by atoms with Crippen molar-refractivity contribution < 1.29 is 4.42 Å². The topological polar surface area (TPSA) is 38.1 Å². The average molecular weight is 218 g/mol. The number of nitrogens with zero attached hydrogens (tertiary/aromatic N) is 1. The Morgan fingerprint density at radius 2 is 2.12 bits per heavy atom. The number of furan rings is 1. The molecule has 3 nitrogen and oxygen atoms in total. The predicted molar refractivity (Wildman–Crippen MR) is 66.6 cm³/mol. The van der Waals surface area contributed by atoms with Gasteiger partial charge in [-0.2, -0.15) is 0 Å². The molecule has 2 rings (SSSR count). The maximum Gasteiger partial charge on any atom is 0.139 e. The first-order chi connectivity index (χ1) is 7.85. The van der Waals surface area contributed by atoms with Gasteiger partial charge in [-0.25, -0.2) is 4.98 Å². The van der Waals surface area contributed by atoms with E-state index in [9.17, 15) is 0 Å². The summed E-state index contributed by atoms with van der Waals surface area (Å²) >= 11 is 0. The molecule has 0 saturated carbocycles. The molecule has 0 aromatic carbocycles. The first-order valence-corrected chi connectivity index (χ1v) is 5.91. The number of pyridine rings is 1. The molecule has 0 spiro atoms. The van der Waals surface area contributed by atoms with Crippen LogP contribution in [0.5, 0.6) is 0 Å². The maximum atomic E-state index is 5.34. The number of rotatable bonds is 5. The Kier molecular flexibility index (Phi) is 3.44. The summed E-state index contributed by atoms with van der Waals surface area (Å²) in [6, 6.07) is 3.84. The average Bonchev–Trinajstić information content (AvgIpc) is 2.79. The summed E-state index contributed by atoms with van der Waals surface area (Å²) in [6.45, 7) is 5.42. The van der Waals surface area contributed by atoms with E-state index in [4.69, 9.17) is 4.42 Å². The molecule has 86 valence electrons. The van der Waals surface area contributed by atoms with Crippen molar-refractivity contribution in [3.05, 3.63) is 24.6 Å². The van der Waals surface area contributed by atoms with Crippen LogP contribution in [-0.2, 0) is 0 Å². The molecule has 0 unspecified atom stereocenters. The van der Waals surface area contributed by atoms with Gasteiger partial charge in [-0.05, 0) is 18.1 Å². The van der Waals surface area contributed by atoms with E-state index in [0.29, 0.717) is 5.92 Å². The van der Waals surface area contributed by atoms with Crippen LogP contribution in [0.2, 0.25) is 0 Å². The van der Waals surface area contributed by atoms with E-state index in [2.05, 4.69) is 24.1 Å². The van der Waals surface area contributed by atoms with Crippen molar-refractivity contribution >= 4 is 16.8 Å². The van der Waals surface area contributed by atoms with Crippen molar-refractivity contribution in [3.63, 3.8) is 0 Å². The number of fused-ring (bicyclic) bond motifs is 1. The SMILES string of the molecule is CCC(CC)CNc1nccc2occc12. The van der Waals surface area contributed by atoms with Gasteiger partial charge in [0.25, 0.3) is 0 Å². The molecule has 3 heteroatoms. The van der Waals surface area contributed by atoms with E-state index in [1.54, 1.807) is 12.5 Å². The molecule has 0 radical (unpaired) electrons. The molecular weight excluding hydrogens is 200 g/mol. The fourth-order valence-electron chi connectivity index (χ4n) is 1.85. The van der Waals surface area contributed by atoms with Crippen LogP contribution in [0.25, 0.3) is 11.0 Å². The van der Waals surface area contributed by atoms with Crippen LogP contribution < -0.4 is 5.32 Å². The summed E-state index contributed by atoms with van der Waals surface area (Å²) in [7, 11) is 0. The largest absolute Gasteiger partial charge is 0.464 e. The Hall–Kier alpha value is -1.51. The van der Waals surface area contributed by atoms with Gasteiger partial charge in [-0.1, -0.05) is 26.7 Å². The molecule has 2 aromatic heterocycles. The molecule has 0 amide bonds. The van der Waals surface area contributed by atoms with Crippen molar-refractivity contribution in [2.45, 2.75) is 26.7 Å². The molecule has 2 aromatic rings. The predicted octanol–water partition coefficient (Wildman–Crippen LogP) is 3.68. The molecule has 1 N–H and O–H groups in total. The van der Waals surface area contributed by atoms with Gasteiger partial charge < -0.3 is 9.73 Å². The van der Waals surface area contributed by atoms with E-state index >= 15 is 0 Å². The third-order valence-corrected chi connectivity index (χ3v) is 3.09. The lowest BCUT2D eigenvalue weighted by Gasteiger charge is -2.13. The minimum absolute atomic E-state index is 0.712. The number of hydrogen-bond acceptors (Lipinski definition) is 3. The first kappa shape index (κ1) is 11.0. The highest BCUT2D eigenvalue weighted by Gasteiger charge is 2.07. The Morgan fingerprint density at radius 3 is 2.88 bits per heavy atom. The first-order valence-electron chi connectivity index (χ1n) is 5.91. The summed E-state index contributed by atoms with van der Waals surface area (Å²) in [5, 5.41) is 4.47. The molecule has 0 aliphatic rings. The zero-order valence-corrected chi connectivity index (χ0v) is 9.86. The second kappa shape index (κ2) is 5.01. The van der Waals surface area contributed by atoms with Crippen LogP contribution in [0, 0.1) is 5.92 Å². The van der Waals surface area contributed by atoms with Crippen molar-refractivity contribution in [2.75, 3.05) is 11.9 Å². The van der Waals surface area contributed by atoms with E-state index in [0.717, 1.165) is 23.3 Å². The van der Waals surface area contributed by atoms with Gasteiger partial charge in [-0.3, -0.25) is 0 Å². The Balaban J connectivity index is 2.11. The molecule has 0 saturated heterocycles. The number of nitrogens with one attached hydrogen (secondary N) is 1. The maximum absolute atomic E-state index is 5.34. The van der Waals surface area contributed by atoms with E-state index in [1.807, 2.05) is 12.1 Å². The van der Waals surface area contributed by atoms with Crippen LogP contribution in [-0.4, -0.2) is 11.5 Å². The van der Waals surface area contributed by atoms with Gasteiger partial charge in [0.1, 0.15) is 11.4 Å². The second-order valence-corrected chi connectivity index (χ2v) is 4.06. The fraction of sp³-hybridized carbons (Fsp3) is 0.462. The lowest BCUT2D eigenvalue weighted by molar-refractivity contribution is 0.518. The van der Waals surface area contributed by atoms with Crippen molar-refractivity contribution in [1.29, 1.82) is 0 Å². The molecule has 0 aliphatic heterocycles. The molecule has 0 aliphatic carbocycles. The Labute approximate surface area is 95.9 Å². The van der Waals surface area contributed by atoms with Crippen LogP contribution in [0.3, 0.4) is 0 Å². The molecular formula is C13H18N2O. The highest BCUT2D eigenvalue weighted by Crippen LogP contribution is 2.22. The lowest BCUT2D eigenvalue weighted by Crippen LogP contribution is -2.13. The minimum Gasteiger partial charge on any atom is -0.464 e. The standard InChI is InChI=1S/C13H18N2O/c1-3-10(4-2)9-15-13-11-6-8-16-12(11)5-7-14-13/h5-8,10H,3-4,9H2,1-2H3,(H,14,15). The molecule has 0 atom stereocenters. The summed E-state index contributed by atoms with van der Waals surface area (Å²) < 4.78 is 5.34. The van der Waals surface area contributed by atoms with Gasteiger partial charge >= 0.3 is 0 Å². The van der Waals surface area contributed by atoms with E-state index < -0.39 is 0 Å². The monoisotopic (exact) mass is 218 g/mol. The normalized spacial score (nSPS) is 11.2. The number of hydrogen-bond donors (Lipinski definition) is 1. The summed E-state index contributed by atoms with van der Waals surface area (Å²) in [4.78, 5) is 4.35. The van der Waals surface area contributed by atoms with E-state index in [-0.39, 0.29) is 0 Å². The van der Waals surface area contributed by atoms with Crippen molar-refractivity contribution in [2.24, 2.45) is 5.92 Å². The lowest BCUT2D eigenvalue weighted by atomic mass is 10.0. The fourth-order valence-corrected chi connectivity index (χ4v) is 1.85. The summed E-state index contributed by atoms with van der Waals surface area (Å²) in [6.07, 6.45) is 5.88. The third-order valence-electron chi connectivity index (χ3n) is 3.09. The van der Waals surface area contributed by atoms with Crippen molar-refractivity contribution in [1.82, 2.24) is 4.98 Å². The smallest absolute Gasteiger partial charge is 0.139 e. The molecule has 2 heterocycles. The van der Waals surface area contributed by atoms with Crippen LogP contribution >= 0.6 is 0 Å².